The summed E-state index contributed by atoms with van der Waals surface area (Å²) in [4.78, 5) is 27.0. The highest BCUT2D eigenvalue weighted by molar-refractivity contribution is 7.89. The second kappa shape index (κ2) is 10.2. The average molecular weight is 505 g/mol. The summed E-state index contributed by atoms with van der Waals surface area (Å²) in [5, 5.41) is 11.1. The molecule has 0 unspecified atom stereocenters. The third kappa shape index (κ3) is 4.85. The van der Waals surface area contributed by atoms with Crippen molar-refractivity contribution in [2.24, 2.45) is 0 Å². The van der Waals surface area contributed by atoms with E-state index in [-0.39, 0.29) is 42.3 Å². The van der Waals surface area contributed by atoms with E-state index < -0.39 is 39.3 Å². The number of amides is 1. The number of aliphatic hydroxyl groups is 1. The van der Waals surface area contributed by atoms with Crippen LogP contribution in [-0.2, 0) is 29.1 Å². The minimum Gasteiger partial charge on any atom is -0.507 e. The molecule has 0 aromatic heterocycles. The number of hydrogen-bond donors (Lipinski definition) is 1. The van der Waals surface area contributed by atoms with Crippen LogP contribution >= 0.6 is 0 Å². The third-order valence-corrected chi connectivity index (χ3v) is 7.91. The van der Waals surface area contributed by atoms with Crippen LogP contribution in [-0.4, -0.2) is 81.0 Å². The standard InChI is InChI=1S/C24H25FN2O7S/c1-33-13-12-27-21(16-2-6-18(25)7-3-16)20(23(29)24(27)30)22(28)17-4-8-19(9-5-17)35(31,32)26-10-14-34-15-11-26/h2-9,21,28H,10-15H2,1H3/t21-/m1/s1. The Bertz CT molecular complexity index is 1240. The zero-order valence-corrected chi connectivity index (χ0v) is 19.8. The molecule has 2 aliphatic rings. The predicted molar refractivity (Wildman–Crippen MR) is 123 cm³/mol. The van der Waals surface area contributed by atoms with Crippen LogP contribution in [0.2, 0.25) is 0 Å². The highest BCUT2D eigenvalue weighted by Crippen LogP contribution is 2.39. The molecule has 2 fully saturated rings. The summed E-state index contributed by atoms with van der Waals surface area (Å²) in [6.45, 7) is 1.34. The van der Waals surface area contributed by atoms with Gasteiger partial charge >= 0.3 is 0 Å². The van der Waals surface area contributed by atoms with Gasteiger partial charge in [0.2, 0.25) is 10.0 Å². The van der Waals surface area contributed by atoms with Crippen molar-refractivity contribution in [1.82, 2.24) is 9.21 Å². The number of hydrogen-bond acceptors (Lipinski definition) is 7. The Balaban J connectivity index is 1.73. The van der Waals surface area contributed by atoms with Gasteiger partial charge in [-0.25, -0.2) is 12.8 Å². The van der Waals surface area contributed by atoms with Crippen LogP contribution in [0.25, 0.3) is 5.76 Å². The van der Waals surface area contributed by atoms with E-state index in [1.165, 1.54) is 64.8 Å². The van der Waals surface area contributed by atoms with Crippen LogP contribution in [0.15, 0.2) is 59.0 Å². The molecule has 0 radical (unpaired) electrons. The molecule has 186 valence electrons. The topological polar surface area (TPSA) is 113 Å². The summed E-state index contributed by atoms with van der Waals surface area (Å²) in [5.41, 5.74) is 0.444. The molecule has 0 saturated carbocycles. The summed E-state index contributed by atoms with van der Waals surface area (Å²) < 4.78 is 50.9. The summed E-state index contributed by atoms with van der Waals surface area (Å²) in [6.07, 6.45) is 0. The van der Waals surface area contributed by atoms with Crippen LogP contribution in [0.3, 0.4) is 0 Å². The second-order valence-electron chi connectivity index (χ2n) is 8.08. The van der Waals surface area contributed by atoms with Crippen molar-refractivity contribution in [3.8, 4) is 0 Å². The zero-order valence-electron chi connectivity index (χ0n) is 19.0. The van der Waals surface area contributed by atoms with Crippen LogP contribution in [0.5, 0.6) is 0 Å². The Morgan fingerprint density at radius 1 is 1.09 bits per heavy atom. The molecule has 35 heavy (non-hydrogen) atoms. The molecule has 1 atom stereocenters. The second-order valence-corrected chi connectivity index (χ2v) is 10.0. The molecule has 1 amide bonds. The van der Waals surface area contributed by atoms with E-state index in [0.29, 0.717) is 18.8 Å². The number of carbonyl (C=O) groups excluding carboxylic acids is 2. The van der Waals surface area contributed by atoms with E-state index >= 15 is 0 Å². The van der Waals surface area contributed by atoms with Gasteiger partial charge in [0.1, 0.15) is 11.6 Å². The monoisotopic (exact) mass is 504 g/mol. The number of Topliss-reactive ketones (excluding diaryl/α,β-unsaturated/α-hetero) is 1. The number of likely N-dealkylation sites (tertiary alicyclic amines) is 1. The number of ketones is 1. The zero-order chi connectivity index (χ0) is 25.2. The molecule has 1 N–H and O–H groups in total. The number of halogens is 1. The van der Waals surface area contributed by atoms with Gasteiger partial charge in [0.15, 0.2) is 0 Å². The lowest BCUT2D eigenvalue weighted by atomic mass is 9.95. The number of nitrogens with zero attached hydrogens (tertiary/aromatic N) is 2. The minimum absolute atomic E-state index is 0.0339. The number of sulfonamides is 1. The normalized spacial score (nSPS) is 21.0. The van der Waals surface area contributed by atoms with Crippen molar-refractivity contribution in [3.63, 3.8) is 0 Å². The van der Waals surface area contributed by atoms with Gasteiger partial charge in [-0.3, -0.25) is 9.59 Å². The Morgan fingerprint density at radius 3 is 2.31 bits per heavy atom. The highest BCUT2D eigenvalue weighted by Gasteiger charge is 2.45. The number of ether oxygens (including phenoxy) is 2. The fraction of sp³-hybridized carbons (Fsp3) is 0.333. The van der Waals surface area contributed by atoms with Crippen molar-refractivity contribution in [1.29, 1.82) is 0 Å². The molecule has 11 heteroatoms. The smallest absolute Gasteiger partial charge is 0.295 e. The van der Waals surface area contributed by atoms with E-state index in [2.05, 4.69) is 0 Å². The van der Waals surface area contributed by atoms with E-state index in [4.69, 9.17) is 9.47 Å². The first-order valence-electron chi connectivity index (χ1n) is 11.0. The van der Waals surface area contributed by atoms with Gasteiger partial charge in [-0.2, -0.15) is 4.31 Å². The van der Waals surface area contributed by atoms with Crippen molar-refractivity contribution in [3.05, 3.63) is 71.0 Å². The van der Waals surface area contributed by atoms with Crippen LogP contribution in [0.1, 0.15) is 17.2 Å². The molecule has 2 aromatic rings. The lowest BCUT2D eigenvalue weighted by Crippen LogP contribution is -2.40. The predicted octanol–water partition coefficient (Wildman–Crippen LogP) is 1.91. The third-order valence-electron chi connectivity index (χ3n) is 6.00. The van der Waals surface area contributed by atoms with E-state index in [1.807, 2.05) is 0 Å². The van der Waals surface area contributed by atoms with Gasteiger partial charge in [-0.05, 0) is 42.0 Å². The van der Waals surface area contributed by atoms with Crippen LogP contribution < -0.4 is 0 Å². The molecule has 0 aliphatic carbocycles. The van der Waals surface area contributed by atoms with Crippen molar-refractivity contribution in [2.75, 3.05) is 46.6 Å². The molecule has 2 saturated heterocycles. The lowest BCUT2D eigenvalue weighted by molar-refractivity contribution is -0.140. The Labute approximate surface area is 202 Å². The molecule has 0 spiro atoms. The molecule has 2 aromatic carbocycles. The maximum atomic E-state index is 13.5. The van der Waals surface area contributed by atoms with Gasteiger partial charge in [0.25, 0.3) is 11.7 Å². The largest absolute Gasteiger partial charge is 0.507 e. The number of rotatable bonds is 7. The van der Waals surface area contributed by atoms with Gasteiger partial charge < -0.3 is 19.5 Å². The average Bonchev–Trinajstić information content (AvgIpc) is 3.13. The minimum atomic E-state index is -3.74. The Kier molecular flexibility index (Phi) is 7.31. The van der Waals surface area contributed by atoms with E-state index in [9.17, 15) is 27.5 Å². The Hall–Kier alpha value is -3.12. The summed E-state index contributed by atoms with van der Waals surface area (Å²) in [6, 6.07) is 9.78. The summed E-state index contributed by atoms with van der Waals surface area (Å²) in [5.74, 6) is -2.64. The van der Waals surface area contributed by atoms with Crippen LogP contribution in [0.4, 0.5) is 4.39 Å². The van der Waals surface area contributed by atoms with Crippen molar-refractivity contribution >= 4 is 27.5 Å². The molecule has 2 heterocycles. The molecule has 9 nitrogen and oxygen atoms in total. The van der Waals surface area contributed by atoms with Gasteiger partial charge in [-0.1, -0.05) is 12.1 Å². The maximum absolute atomic E-state index is 13.5. The maximum Gasteiger partial charge on any atom is 0.295 e. The fourth-order valence-corrected chi connectivity index (χ4v) is 5.58. The molecular weight excluding hydrogens is 479 g/mol. The Morgan fingerprint density at radius 2 is 1.71 bits per heavy atom. The lowest BCUT2D eigenvalue weighted by Gasteiger charge is -2.26. The first-order chi connectivity index (χ1) is 16.8. The fourth-order valence-electron chi connectivity index (χ4n) is 4.17. The first-order valence-corrected chi connectivity index (χ1v) is 12.4. The van der Waals surface area contributed by atoms with Crippen LogP contribution in [0, 0.1) is 5.82 Å². The van der Waals surface area contributed by atoms with Gasteiger partial charge in [0.05, 0.1) is 36.3 Å². The molecule has 0 bridgehead atoms. The van der Waals surface area contributed by atoms with Gasteiger partial charge in [-0.15, -0.1) is 0 Å². The first kappa shape index (κ1) is 25.0. The number of carbonyl (C=O) groups is 2. The number of morpholine rings is 1. The molecule has 2 aliphatic heterocycles. The quantitative estimate of drug-likeness (QED) is 0.348. The number of aliphatic hydroxyl groups excluding tert-OH is 1. The summed E-state index contributed by atoms with van der Waals surface area (Å²) in [7, 11) is -2.29. The number of benzene rings is 2. The number of methoxy groups -OCH3 is 1. The SMILES string of the molecule is COCCN1C(=O)C(=O)C(=C(O)c2ccc(S(=O)(=O)N3CCOCC3)cc2)[C@H]1c1ccc(F)cc1. The highest BCUT2D eigenvalue weighted by atomic mass is 32.2. The van der Waals surface area contributed by atoms with Crippen molar-refractivity contribution < 1.29 is 37.0 Å². The molecular formula is C24H25FN2O7S. The molecule has 4 rings (SSSR count). The summed E-state index contributed by atoms with van der Waals surface area (Å²) >= 11 is 0. The van der Waals surface area contributed by atoms with E-state index in [1.54, 1.807) is 0 Å². The van der Waals surface area contributed by atoms with Gasteiger partial charge in [0, 0.05) is 32.3 Å². The van der Waals surface area contributed by atoms with Crippen molar-refractivity contribution in [2.45, 2.75) is 10.9 Å². The van der Waals surface area contributed by atoms with E-state index in [0.717, 1.165) is 0 Å².